The molecule has 0 heterocycles. The number of urea groups is 1. The summed E-state index contributed by atoms with van der Waals surface area (Å²) >= 11 is 11.9. The summed E-state index contributed by atoms with van der Waals surface area (Å²) in [4.78, 5) is 23.0. The molecule has 0 aliphatic heterocycles. The molecule has 113 valence electrons. The molecule has 1 fully saturated rings. The molecule has 3 amide bonds. The number of carbonyl (C=O) groups excluding carboxylic acids is 2. The average Bonchev–Trinajstić information content (AvgIpc) is 2.91. The standard InChI is InChI=1S/C15H17Cl2N2O2/c16-12-6-5-10(8-13(12)17)11(14(20)19-15(18)21)7-9-3-1-2-4-9/h5-6,8-9,11,18H,1-4,7H2,(H,19,20,21). The van der Waals surface area contributed by atoms with E-state index in [9.17, 15) is 9.59 Å². The number of nitrogens with one attached hydrogen (secondary N) is 2. The Kier molecular flexibility index (Phi) is 5.48. The van der Waals surface area contributed by atoms with Gasteiger partial charge in [0.1, 0.15) is 0 Å². The van der Waals surface area contributed by atoms with Gasteiger partial charge in [-0.1, -0.05) is 55.0 Å². The minimum Gasteiger partial charge on any atom is -0.276 e. The van der Waals surface area contributed by atoms with Crippen LogP contribution in [-0.4, -0.2) is 11.9 Å². The molecule has 1 aliphatic carbocycles. The van der Waals surface area contributed by atoms with Gasteiger partial charge in [0, 0.05) is 0 Å². The second-order valence-corrected chi connectivity index (χ2v) is 6.25. The minimum atomic E-state index is -1.09. The van der Waals surface area contributed by atoms with E-state index in [1.165, 1.54) is 12.8 Å². The molecule has 1 atom stereocenters. The third kappa shape index (κ3) is 4.35. The molecular formula is C15H17Cl2N2O2. The van der Waals surface area contributed by atoms with Gasteiger partial charge in [-0.3, -0.25) is 10.1 Å². The summed E-state index contributed by atoms with van der Waals surface area (Å²) in [7, 11) is 0. The molecule has 0 saturated heterocycles. The smallest absolute Gasteiger partial charge is 0.276 e. The fourth-order valence-corrected chi connectivity index (χ4v) is 3.21. The lowest BCUT2D eigenvalue weighted by molar-refractivity contribution is -0.121. The summed E-state index contributed by atoms with van der Waals surface area (Å²) in [5.74, 6) is -0.450. The van der Waals surface area contributed by atoms with E-state index >= 15 is 0 Å². The van der Waals surface area contributed by atoms with Crippen LogP contribution in [0.15, 0.2) is 18.2 Å². The molecule has 6 heteroatoms. The first-order valence-electron chi connectivity index (χ1n) is 6.98. The van der Waals surface area contributed by atoms with Crippen molar-refractivity contribution in [3.8, 4) is 0 Å². The Balaban J connectivity index is 2.22. The summed E-state index contributed by atoms with van der Waals surface area (Å²) in [6.45, 7) is 0. The van der Waals surface area contributed by atoms with Gasteiger partial charge in [-0.2, -0.15) is 0 Å². The van der Waals surface area contributed by atoms with E-state index < -0.39 is 17.9 Å². The second-order valence-electron chi connectivity index (χ2n) is 5.43. The Bertz CT molecular complexity index is 542. The zero-order valence-electron chi connectivity index (χ0n) is 11.5. The number of amides is 3. The highest BCUT2D eigenvalue weighted by atomic mass is 35.5. The van der Waals surface area contributed by atoms with Gasteiger partial charge >= 0.3 is 6.03 Å². The van der Waals surface area contributed by atoms with Gasteiger partial charge < -0.3 is 0 Å². The van der Waals surface area contributed by atoms with Crippen LogP contribution in [0.25, 0.3) is 0 Å². The Labute approximate surface area is 134 Å². The second kappa shape index (κ2) is 7.14. The largest absolute Gasteiger partial charge is 0.340 e. The molecule has 21 heavy (non-hydrogen) atoms. The van der Waals surface area contributed by atoms with Crippen LogP contribution in [0.4, 0.5) is 4.79 Å². The monoisotopic (exact) mass is 327 g/mol. The van der Waals surface area contributed by atoms with E-state index in [4.69, 9.17) is 28.9 Å². The van der Waals surface area contributed by atoms with Crippen molar-refractivity contribution in [1.29, 1.82) is 0 Å². The van der Waals surface area contributed by atoms with Gasteiger partial charge in [0.2, 0.25) is 5.91 Å². The molecule has 1 aliphatic rings. The van der Waals surface area contributed by atoms with Gasteiger partial charge in [-0.15, -0.1) is 0 Å². The van der Waals surface area contributed by atoms with Crippen molar-refractivity contribution >= 4 is 35.1 Å². The molecule has 2 N–H and O–H groups in total. The first-order chi connectivity index (χ1) is 9.97. The molecule has 1 radical (unpaired) electrons. The molecule has 0 aromatic heterocycles. The van der Waals surface area contributed by atoms with Crippen molar-refractivity contribution in [2.75, 3.05) is 0 Å². The maximum atomic E-state index is 12.2. The highest BCUT2D eigenvalue weighted by Gasteiger charge is 2.27. The van der Waals surface area contributed by atoms with Crippen LogP contribution >= 0.6 is 23.2 Å². The van der Waals surface area contributed by atoms with E-state index in [0.717, 1.165) is 18.4 Å². The van der Waals surface area contributed by atoms with Crippen molar-refractivity contribution in [3.63, 3.8) is 0 Å². The van der Waals surface area contributed by atoms with Crippen LogP contribution in [0.3, 0.4) is 0 Å². The maximum absolute atomic E-state index is 12.2. The van der Waals surface area contributed by atoms with Crippen molar-refractivity contribution in [2.24, 2.45) is 5.92 Å². The summed E-state index contributed by atoms with van der Waals surface area (Å²) in [5.41, 5.74) is 7.64. The lowest BCUT2D eigenvalue weighted by Crippen LogP contribution is -2.35. The summed E-state index contributed by atoms with van der Waals surface area (Å²) in [6.07, 6.45) is 5.21. The first kappa shape index (κ1) is 16.1. The van der Waals surface area contributed by atoms with Crippen molar-refractivity contribution in [3.05, 3.63) is 33.8 Å². The molecule has 1 unspecified atom stereocenters. The van der Waals surface area contributed by atoms with E-state index in [0.29, 0.717) is 22.4 Å². The van der Waals surface area contributed by atoms with E-state index in [2.05, 4.69) is 5.32 Å². The summed E-state index contributed by atoms with van der Waals surface area (Å²) in [6, 6.07) is 3.98. The number of halogens is 2. The zero-order valence-corrected chi connectivity index (χ0v) is 13.0. The van der Waals surface area contributed by atoms with Gasteiger partial charge in [0.05, 0.1) is 16.0 Å². The number of imide groups is 1. The van der Waals surface area contributed by atoms with Gasteiger partial charge in [-0.25, -0.2) is 10.5 Å². The molecule has 1 saturated carbocycles. The minimum absolute atomic E-state index is 0.385. The van der Waals surface area contributed by atoms with Crippen LogP contribution in [0.2, 0.25) is 10.0 Å². The van der Waals surface area contributed by atoms with Crippen LogP contribution in [0.1, 0.15) is 43.6 Å². The average molecular weight is 328 g/mol. The molecule has 4 nitrogen and oxygen atoms in total. The van der Waals surface area contributed by atoms with Crippen LogP contribution in [0.5, 0.6) is 0 Å². The fourth-order valence-electron chi connectivity index (χ4n) is 2.90. The summed E-state index contributed by atoms with van der Waals surface area (Å²) in [5, 5.41) is 2.87. The van der Waals surface area contributed by atoms with E-state index in [1.54, 1.807) is 18.2 Å². The zero-order chi connectivity index (χ0) is 15.4. The van der Waals surface area contributed by atoms with Crippen LogP contribution in [0, 0.1) is 5.92 Å². The van der Waals surface area contributed by atoms with E-state index in [1.807, 2.05) is 0 Å². The number of benzene rings is 1. The number of rotatable bonds is 4. The molecule has 0 spiro atoms. The molecular weight excluding hydrogens is 311 g/mol. The lowest BCUT2D eigenvalue weighted by atomic mass is 9.87. The first-order valence-corrected chi connectivity index (χ1v) is 7.74. The Morgan fingerprint density at radius 1 is 1.24 bits per heavy atom. The number of hydrogen-bond acceptors (Lipinski definition) is 2. The molecule has 0 bridgehead atoms. The maximum Gasteiger partial charge on any atom is 0.340 e. The predicted molar refractivity (Wildman–Crippen MR) is 82.4 cm³/mol. The highest BCUT2D eigenvalue weighted by molar-refractivity contribution is 6.42. The normalized spacial score (nSPS) is 16.7. The molecule has 2 rings (SSSR count). The lowest BCUT2D eigenvalue weighted by Gasteiger charge is -2.20. The van der Waals surface area contributed by atoms with Crippen LogP contribution < -0.4 is 11.1 Å². The molecule has 1 aromatic rings. The Hall–Kier alpha value is -1.26. The molecule has 1 aromatic carbocycles. The topological polar surface area (TPSA) is 70.0 Å². The summed E-state index contributed by atoms with van der Waals surface area (Å²) < 4.78 is 0. The SMILES string of the molecule is [NH]C(=O)NC(=O)C(CC1CCCC1)c1ccc(Cl)c(Cl)c1. The Morgan fingerprint density at radius 2 is 1.90 bits per heavy atom. The van der Waals surface area contributed by atoms with Gasteiger partial charge in [-0.05, 0) is 30.0 Å². The van der Waals surface area contributed by atoms with Gasteiger partial charge in [0.15, 0.2) is 0 Å². The predicted octanol–water partition coefficient (Wildman–Crippen LogP) is 4.18. The number of carbonyl (C=O) groups is 2. The fraction of sp³-hybridized carbons (Fsp3) is 0.467. The van der Waals surface area contributed by atoms with Crippen molar-refractivity contribution < 1.29 is 9.59 Å². The van der Waals surface area contributed by atoms with Gasteiger partial charge in [0.25, 0.3) is 0 Å². The van der Waals surface area contributed by atoms with Crippen LogP contribution in [-0.2, 0) is 4.79 Å². The van der Waals surface area contributed by atoms with Crippen molar-refractivity contribution in [1.82, 2.24) is 11.1 Å². The number of hydrogen-bond donors (Lipinski definition) is 1. The Morgan fingerprint density at radius 3 is 2.48 bits per heavy atom. The van der Waals surface area contributed by atoms with Crippen molar-refractivity contribution in [2.45, 2.75) is 38.0 Å². The van der Waals surface area contributed by atoms with E-state index in [-0.39, 0.29) is 0 Å². The third-order valence-corrected chi connectivity index (χ3v) is 4.68. The third-order valence-electron chi connectivity index (χ3n) is 3.94. The quantitative estimate of drug-likeness (QED) is 0.901. The highest BCUT2D eigenvalue weighted by Crippen LogP contribution is 2.36.